The third-order valence-electron chi connectivity index (χ3n) is 4.31. The lowest BCUT2D eigenvalue weighted by molar-refractivity contribution is -0.117. The van der Waals surface area contributed by atoms with Gasteiger partial charge < -0.3 is 21.7 Å². The molecular formula is C22H30IN5O2. The third-order valence-corrected chi connectivity index (χ3v) is 4.31. The van der Waals surface area contributed by atoms with Gasteiger partial charge in [-0.1, -0.05) is 41.5 Å². The molecule has 0 saturated heterocycles. The van der Waals surface area contributed by atoms with Crippen molar-refractivity contribution >= 4 is 41.8 Å². The van der Waals surface area contributed by atoms with Gasteiger partial charge in [-0.15, -0.1) is 24.0 Å². The molecule has 0 saturated carbocycles. The molecular weight excluding hydrogens is 493 g/mol. The molecule has 30 heavy (non-hydrogen) atoms. The van der Waals surface area contributed by atoms with Gasteiger partial charge in [-0.25, -0.2) is 0 Å². The molecule has 5 N–H and O–H groups in total. The van der Waals surface area contributed by atoms with Crippen LogP contribution in [0.5, 0.6) is 0 Å². The van der Waals surface area contributed by atoms with E-state index in [1.165, 1.54) is 16.7 Å². The fourth-order valence-electron chi connectivity index (χ4n) is 2.99. The molecule has 2 aromatic carbocycles. The summed E-state index contributed by atoms with van der Waals surface area (Å²) in [7, 11) is 1.73. The SMILES string of the molecule is CN=C(NCCc1cc(C)cc(C)c1)NCc1ccc(C(=O)NCC(N)=O)cc1.I. The molecule has 0 aliphatic carbocycles. The number of nitrogens with one attached hydrogen (secondary N) is 3. The van der Waals surface area contributed by atoms with Gasteiger partial charge in [-0.2, -0.15) is 0 Å². The maximum atomic E-state index is 11.9. The lowest BCUT2D eigenvalue weighted by Crippen LogP contribution is -2.37. The zero-order valence-electron chi connectivity index (χ0n) is 17.6. The van der Waals surface area contributed by atoms with Crippen LogP contribution in [0.2, 0.25) is 0 Å². The molecule has 0 aliphatic rings. The Morgan fingerprint density at radius 2 is 1.57 bits per heavy atom. The maximum absolute atomic E-state index is 11.9. The fraction of sp³-hybridized carbons (Fsp3) is 0.318. The monoisotopic (exact) mass is 523 g/mol. The molecule has 162 valence electrons. The molecule has 0 radical (unpaired) electrons. The second-order valence-corrected chi connectivity index (χ2v) is 6.94. The lowest BCUT2D eigenvalue weighted by atomic mass is 10.1. The van der Waals surface area contributed by atoms with Crippen LogP contribution < -0.4 is 21.7 Å². The highest BCUT2D eigenvalue weighted by molar-refractivity contribution is 14.0. The number of amides is 2. The predicted molar refractivity (Wildman–Crippen MR) is 131 cm³/mol. The Kier molecular flexibility index (Phi) is 10.9. The van der Waals surface area contributed by atoms with Crippen molar-refractivity contribution in [2.75, 3.05) is 20.1 Å². The van der Waals surface area contributed by atoms with Gasteiger partial charge in [-0.3, -0.25) is 14.6 Å². The first kappa shape index (κ1) is 25.4. The topological polar surface area (TPSA) is 109 Å². The number of aryl methyl sites for hydroxylation is 2. The van der Waals surface area contributed by atoms with Crippen molar-refractivity contribution in [2.45, 2.75) is 26.8 Å². The van der Waals surface area contributed by atoms with Crippen LogP contribution in [-0.2, 0) is 17.8 Å². The number of halogens is 1. The van der Waals surface area contributed by atoms with E-state index in [4.69, 9.17) is 5.73 Å². The minimum atomic E-state index is -0.574. The van der Waals surface area contributed by atoms with E-state index in [0.29, 0.717) is 12.1 Å². The van der Waals surface area contributed by atoms with E-state index in [9.17, 15) is 9.59 Å². The minimum absolute atomic E-state index is 0. The highest BCUT2D eigenvalue weighted by Gasteiger charge is 2.06. The quantitative estimate of drug-likeness (QED) is 0.241. The summed E-state index contributed by atoms with van der Waals surface area (Å²) in [5, 5.41) is 9.04. The van der Waals surface area contributed by atoms with Crippen molar-refractivity contribution in [1.82, 2.24) is 16.0 Å². The average molecular weight is 523 g/mol. The van der Waals surface area contributed by atoms with E-state index in [1.54, 1.807) is 19.2 Å². The smallest absolute Gasteiger partial charge is 0.251 e. The Labute approximate surface area is 194 Å². The van der Waals surface area contributed by atoms with Crippen LogP contribution in [0.4, 0.5) is 0 Å². The molecule has 0 aromatic heterocycles. The number of nitrogens with two attached hydrogens (primary N) is 1. The molecule has 7 nitrogen and oxygen atoms in total. The predicted octanol–water partition coefficient (Wildman–Crippen LogP) is 2.04. The van der Waals surface area contributed by atoms with Crippen molar-refractivity contribution in [1.29, 1.82) is 0 Å². The summed E-state index contributed by atoms with van der Waals surface area (Å²) in [6, 6.07) is 13.7. The van der Waals surface area contributed by atoms with Crippen molar-refractivity contribution in [3.05, 3.63) is 70.3 Å². The molecule has 2 amide bonds. The average Bonchev–Trinajstić information content (AvgIpc) is 2.68. The van der Waals surface area contributed by atoms with Gasteiger partial charge in [0.2, 0.25) is 5.91 Å². The van der Waals surface area contributed by atoms with Crippen LogP contribution >= 0.6 is 24.0 Å². The van der Waals surface area contributed by atoms with Gasteiger partial charge in [0, 0.05) is 25.7 Å². The number of guanidine groups is 1. The lowest BCUT2D eigenvalue weighted by Gasteiger charge is -2.13. The van der Waals surface area contributed by atoms with Crippen LogP contribution in [-0.4, -0.2) is 37.9 Å². The van der Waals surface area contributed by atoms with Gasteiger partial charge in [-0.05, 0) is 43.5 Å². The van der Waals surface area contributed by atoms with Crippen LogP contribution in [0, 0.1) is 13.8 Å². The summed E-state index contributed by atoms with van der Waals surface area (Å²) < 4.78 is 0. The summed E-state index contributed by atoms with van der Waals surface area (Å²) in [6.07, 6.45) is 0.915. The van der Waals surface area contributed by atoms with E-state index in [-0.39, 0.29) is 36.4 Å². The van der Waals surface area contributed by atoms with E-state index in [1.807, 2.05) is 12.1 Å². The summed E-state index contributed by atoms with van der Waals surface area (Å²) in [6.45, 7) is 5.40. The molecule has 2 aromatic rings. The second kappa shape index (κ2) is 12.8. The fourth-order valence-corrected chi connectivity index (χ4v) is 2.99. The largest absolute Gasteiger partial charge is 0.368 e. The van der Waals surface area contributed by atoms with Gasteiger partial charge in [0.15, 0.2) is 5.96 Å². The van der Waals surface area contributed by atoms with Crippen LogP contribution in [0.3, 0.4) is 0 Å². The number of rotatable bonds is 8. The molecule has 2 rings (SSSR count). The van der Waals surface area contributed by atoms with E-state index in [0.717, 1.165) is 24.5 Å². The molecule has 0 aliphatic heterocycles. The highest BCUT2D eigenvalue weighted by Crippen LogP contribution is 2.09. The number of nitrogens with zero attached hydrogens (tertiary/aromatic N) is 1. The molecule has 0 spiro atoms. The number of carbonyl (C=O) groups excluding carboxylic acids is 2. The van der Waals surface area contributed by atoms with Crippen LogP contribution in [0.25, 0.3) is 0 Å². The number of hydrogen-bond donors (Lipinski definition) is 4. The van der Waals surface area contributed by atoms with E-state index >= 15 is 0 Å². The van der Waals surface area contributed by atoms with E-state index in [2.05, 4.69) is 53.0 Å². The summed E-state index contributed by atoms with van der Waals surface area (Å²) in [5.41, 5.74) is 10.4. The minimum Gasteiger partial charge on any atom is -0.368 e. The van der Waals surface area contributed by atoms with Crippen molar-refractivity contribution < 1.29 is 9.59 Å². The molecule has 0 atom stereocenters. The van der Waals surface area contributed by atoms with Crippen molar-refractivity contribution in [3.63, 3.8) is 0 Å². The molecule has 0 bridgehead atoms. The Hall–Kier alpha value is -2.62. The molecule has 0 fully saturated rings. The number of benzene rings is 2. The molecule has 0 heterocycles. The standard InChI is InChI=1S/C22H29N5O2.HI/c1-15-10-16(2)12-18(11-15)8-9-25-22(24-3)27-13-17-4-6-19(7-5-17)21(29)26-14-20(23)28;/h4-7,10-12H,8-9,13-14H2,1-3H3,(H2,23,28)(H,26,29)(H2,24,25,27);1H. The van der Waals surface area contributed by atoms with Crippen molar-refractivity contribution in [3.8, 4) is 0 Å². The van der Waals surface area contributed by atoms with Gasteiger partial charge >= 0.3 is 0 Å². The van der Waals surface area contributed by atoms with Gasteiger partial charge in [0.1, 0.15) is 0 Å². The first-order valence-electron chi connectivity index (χ1n) is 9.54. The summed E-state index contributed by atoms with van der Waals surface area (Å²) in [4.78, 5) is 26.9. The van der Waals surface area contributed by atoms with Crippen LogP contribution in [0.1, 0.15) is 32.6 Å². The van der Waals surface area contributed by atoms with Crippen LogP contribution in [0.15, 0.2) is 47.5 Å². The van der Waals surface area contributed by atoms with Gasteiger partial charge in [0.05, 0.1) is 6.54 Å². The highest BCUT2D eigenvalue weighted by atomic mass is 127. The van der Waals surface area contributed by atoms with E-state index < -0.39 is 5.91 Å². The zero-order valence-corrected chi connectivity index (χ0v) is 19.9. The number of primary amides is 1. The second-order valence-electron chi connectivity index (χ2n) is 6.94. The Balaban J connectivity index is 0.00000450. The van der Waals surface area contributed by atoms with Crippen molar-refractivity contribution in [2.24, 2.45) is 10.7 Å². The first-order valence-corrected chi connectivity index (χ1v) is 9.54. The summed E-state index contributed by atoms with van der Waals surface area (Å²) in [5.74, 6) is -0.180. The third kappa shape index (κ3) is 8.81. The normalized spacial score (nSPS) is 10.7. The summed E-state index contributed by atoms with van der Waals surface area (Å²) >= 11 is 0. The molecule has 0 unspecified atom stereocenters. The number of aliphatic imine (C=N–C) groups is 1. The Bertz CT molecular complexity index is 861. The first-order chi connectivity index (χ1) is 13.9. The Morgan fingerprint density at radius 1 is 0.933 bits per heavy atom. The number of carbonyl (C=O) groups is 2. The van der Waals surface area contributed by atoms with Gasteiger partial charge in [0.25, 0.3) is 5.91 Å². The Morgan fingerprint density at radius 3 is 2.13 bits per heavy atom. The zero-order chi connectivity index (χ0) is 21.2. The molecule has 8 heteroatoms. The maximum Gasteiger partial charge on any atom is 0.251 e. The number of hydrogen-bond acceptors (Lipinski definition) is 3.